The van der Waals surface area contributed by atoms with E-state index in [2.05, 4.69) is 10.3 Å². The molecule has 0 spiro atoms. The van der Waals surface area contributed by atoms with Gasteiger partial charge < -0.3 is 29.2 Å². The highest BCUT2D eigenvalue weighted by Crippen LogP contribution is 2.34. The lowest BCUT2D eigenvalue weighted by molar-refractivity contribution is 0.0297. The smallest absolute Gasteiger partial charge is 0.407 e. The number of imidazole rings is 1. The van der Waals surface area contributed by atoms with Gasteiger partial charge in [-0.3, -0.25) is 0 Å². The summed E-state index contributed by atoms with van der Waals surface area (Å²) in [5, 5.41) is 12.6. The molecular formula is C20H27N3O5. The van der Waals surface area contributed by atoms with Gasteiger partial charge in [-0.25, -0.2) is 9.78 Å². The third-order valence-electron chi connectivity index (χ3n) is 4.23. The molecule has 3 rings (SSSR count). The predicted octanol–water partition coefficient (Wildman–Crippen LogP) is 2.32. The molecule has 0 bridgehead atoms. The van der Waals surface area contributed by atoms with Crippen molar-refractivity contribution in [1.29, 1.82) is 0 Å². The van der Waals surface area contributed by atoms with Crippen LogP contribution in [0.25, 0.3) is 0 Å². The van der Waals surface area contributed by atoms with Gasteiger partial charge in [0.2, 0.25) is 5.79 Å². The quantitative estimate of drug-likeness (QED) is 0.557. The van der Waals surface area contributed by atoms with E-state index in [-0.39, 0.29) is 6.61 Å². The van der Waals surface area contributed by atoms with Gasteiger partial charge in [0, 0.05) is 12.7 Å². The van der Waals surface area contributed by atoms with Crippen molar-refractivity contribution in [3.8, 4) is 5.75 Å². The van der Waals surface area contributed by atoms with Crippen LogP contribution in [0.2, 0.25) is 0 Å². The highest BCUT2D eigenvalue weighted by molar-refractivity contribution is 5.67. The standard InChI is InChI=1S/C20H27N3O5/c1-14-15(10-23-11-17(22-13-23)20(25)12-27-20)6-5-7-16(14)26-9-8-21-18(24)28-19(2,3)4/h5-7,11,13,25H,8-10,12H2,1-4H3,(H,21,24). The second kappa shape index (κ2) is 7.81. The third-order valence-corrected chi connectivity index (χ3v) is 4.23. The summed E-state index contributed by atoms with van der Waals surface area (Å²) in [4.78, 5) is 15.9. The van der Waals surface area contributed by atoms with Gasteiger partial charge in [0.05, 0.1) is 12.9 Å². The van der Waals surface area contributed by atoms with E-state index in [1.54, 1.807) is 12.5 Å². The summed E-state index contributed by atoms with van der Waals surface area (Å²) in [6.07, 6.45) is 3.00. The fourth-order valence-corrected chi connectivity index (χ4v) is 2.68. The molecule has 1 aromatic carbocycles. The Hall–Kier alpha value is -2.58. The molecule has 1 unspecified atom stereocenters. The van der Waals surface area contributed by atoms with Crippen molar-refractivity contribution in [3.63, 3.8) is 0 Å². The molecule has 2 aromatic rings. The molecule has 1 aliphatic heterocycles. The molecule has 1 saturated heterocycles. The van der Waals surface area contributed by atoms with Crippen LogP contribution in [0, 0.1) is 6.92 Å². The van der Waals surface area contributed by atoms with E-state index in [0.29, 0.717) is 25.4 Å². The fourth-order valence-electron chi connectivity index (χ4n) is 2.68. The Balaban J connectivity index is 1.53. The zero-order chi connectivity index (χ0) is 20.4. The van der Waals surface area contributed by atoms with E-state index in [9.17, 15) is 9.90 Å². The number of hydrogen-bond acceptors (Lipinski definition) is 6. The average molecular weight is 389 g/mol. The second-order valence-electron chi connectivity index (χ2n) is 7.82. The maximum absolute atomic E-state index is 11.6. The van der Waals surface area contributed by atoms with Crippen LogP contribution < -0.4 is 10.1 Å². The molecule has 2 N–H and O–H groups in total. The van der Waals surface area contributed by atoms with Crippen LogP contribution in [-0.2, 0) is 21.8 Å². The number of aliphatic hydroxyl groups is 1. The number of ether oxygens (including phenoxy) is 3. The normalized spacial score (nSPS) is 18.6. The molecule has 1 amide bonds. The number of hydrogen-bond donors (Lipinski definition) is 2. The molecule has 2 heterocycles. The summed E-state index contributed by atoms with van der Waals surface area (Å²) in [6.45, 7) is 9.01. The van der Waals surface area contributed by atoms with Gasteiger partial charge in [-0.05, 0) is 44.9 Å². The van der Waals surface area contributed by atoms with Crippen molar-refractivity contribution in [2.24, 2.45) is 0 Å². The number of nitrogens with zero attached hydrogens (tertiary/aromatic N) is 2. The van der Waals surface area contributed by atoms with Crippen molar-refractivity contribution in [2.45, 2.75) is 45.6 Å². The zero-order valence-corrected chi connectivity index (χ0v) is 16.7. The molecule has 1 atom stereocenters. The molecule has 8 heteroatoms. The Morgan fingerprint density at radius 2 is 2.18 bits per heavy atom. The molecule has 0 radical (unpaired) electrons. The molecule has 1 fully saturated rings. The molecule has 152 valence electrons. The number of aromatic nitrogens is 2. The highest BCUT2D eigenvalue weighted by atomic mass is 16.7. The summed E-state index contributed by atoms with van der Waals surface area (Å²) in [7, 11) is 0. The number of rotatable bonds is 7. The maximum atomic E-state index is 11.6. The Morgan fingerprint density at radius 3 is 2.86 bits per heavy atom. The SMILES string of the molecule is Cc1c(Cn2cnc(C3(O)CO3)c2)cccc1OCCNC(=O)OC(C)(C)C. The minimum Gasteiger partial charge on any atom is -0.491 e. The number of nitrogens with one attached hydrogen (secondary N) is 1. The maximum Gasteiger partial charge on any atom is 0.407 e. The van der Waals surface area contributed by atoms with Gasteiger partial charge in [-0.2, -0.15) is 0 Å². The largest absolute Gasteiger partial charge is 0.491 e. The van der Waals surface area contributed by atoms with Crippen molar-refractivity contribution in [1.82, 2.24) is 14.9 Å². The topological polar surface area (TPSA) is 98.1 Å². The zero-order valence-electron chi connectivity index (χ0n) is 16.7. The Morgan fingerprint density at radius 1 is 1.43 bits per heavy atom. The molecular weight excluding hydrogens is 362 g/mol. The van der Waals surface area contributed by atoms with Crippen LogP contribution in [-0.4, -0.2) is 46.1 Å². The first-order valence-electron chi connectivity index (χ1n) is 9.23. The molecule has 8 nitrogen and oxygen atoms in total. The van der Waals surface area contributed by atoms with Gasteiger partial charge in [-0.1, -0.05) is 12.1 Å². The average Bonchev–Trinajstić information content (AvgIpc) is 3.16. The number of amides is 1. The van der Waals surface area contributed by atoms with Crippen molar-refractivity contribution >= 4 is 6.09 Å². The highest BCUT2D eigenvalue weighted by Gasteiger charge is 2.46. The lowest BCUT2D eigenvalue weighted by atomic mass is 10.1. The van der Waals surface area contributed by atoms with Gasteiger partial charge in [0.1, 0.15) is 30.3 Å². The van der Waals surface area contributed by atoms with Gasteiger partial charge in [-0.15, -0.1) is 0 Å². The van der Waals surface area contributed by atoms with E-state index >= 15 is 0 Å². The van der Waals surface area contributed by atoms with Gasteiger partial charge in [0.25, 0.3) is 0 Å². The van der Waals surface area contributed by atoms with Crippen molar-refractivity contribution < 1.29 is 24.1 Å². The number of carbonyl (C=O) groups excluding carboxylic acids is 1. The van der Waals surface area contributed by atoms with Gasteiger partial charge >= 0.3 is 6.09 Å². The van der Waals surface area contributed by atoms with Crippen LogP contribution in [0.1, 0.15) is 37.6 Å². The van der Waals surface area contributed by atoms with E-state index in [1.165, 1.54) is 0 Å². The number of benzene rings is 1. The summed E-state index contributed by atoms with van der Waals surface area (Å²) < 4.78 is 17.9. The lowest BCUT2D eigenvalue weighted by Crippen LogP contribution is -2.34. The van der Waals surface area contributed by atoms with Crippen molar-refractivity contribution in [3.05, 3.63) is 47.5 Å². The van der Waals surface area contributed by atoms with E-state index in [1.807, 2.05) is 50.5 Å². The first kappa shape index (κ1) is 20.2. The lowest BCUT2D eigenvalue weighted by Gasteiger charge is -2.19. The van der Waals surface area contributed by atoms with E-state index < -0.39 is 17.5 Å². The van der Waals surface area contributed by atoms with Crippen LogP contribution >= 0.6 is 0 Å². The van der Waals surface area contributed by atoms with E-state index in [0.717, 1.165) is 16.9 Å². The molecule has 28 heavy (non-hydrogen) atoms. The first-order chi connectivity index (χ1) is 13.2. The molecule has 0 saturated carbocycles. The number of alkyl carbamates (subject to hydrolysis) is 1. The van der Waals surface area contributed by atoms with Crippen LogP contribution in [0.4, 0.5) is 4.79 Å². The fraction of sp³-hybridized carbons (Fsp3) is 0.500. The van der Waals surface area contributed by atoms with Crippen LogP contribution in [0.15, 0.2) is 30.7 Å². The predicted molar refractivity (Wildman–Crippen MR) is 102 cm³/mol. The van der Waals surface area contributed by atoms with Crippen molar-refractivity contribution in [2.75, 3.05) is 19.8 Å². The summed E-state index contributed by atoms with van der Waals surface area (Å²) in [6, 6.07) is 5.84. The van der Waals surface area contributed by atoms with Gasteiger partial charge in [0.15, 0.2) is 0 Å². The van der Waals surface area contributed by atoms with E-state index in [4.69, 9.17) is 14.2 Å². The minimum atomic E-state index is -1.22. The summed E-state index contributed by atoms with van der Waals surface area (Å²) in [5.41, 5.74) is 2.08. The Kier molecular flexibility index (Phi) is 5.62. The van der Waals surface area contributed by atoms with Crippen LogP contribution in [0.5, 0.6) is 5.75 Å². The Bertz CT molecular complexity index is 837. The first-order valence-corrected chi connectivity index (χ1v) is 9.23. The number of carbonyl (C=O) groups is 1. The third kappa shape index (κ3) is 5.24. The summed E-state index contributed by atoms with van der Waals surface area (Å²) in [5.74, 6) is -0.458. The number of epoxide rings is 1. The molecule has 1 aliphatic rings. The monoisotopic (exact) mass is 389 g/mol. The van der Waals surface area contributed by atoms with Crippen LogP contribution in [0.3, 0.4) is 0 Å². The molecule has 0 aliphatic carbocycles. The minimum absolute atomic E-state index is 0.281. The Labute approximate surface area is 164 Å². The molecule has 1 aromatic heterocycles. The summed E-state index contributed by atoms with van der Waals surface area (Å²) >= 11 is 0. The second-order valence-corrected chi connectivity index (χ2v) is 7.82.